The standard InChI is InChI=1S/C16H19BrN2O/c17-16-7-6-14(20-16)12-18-9-3-10-19-11-8-13-4-1-2-5-15(13)19/h1-2,4-7,18H,3,8-12H2. The summed E-state index contributed by atoms with van der Waals surface area (Å²) in [5, 5.41) is 3.42. The van der Waals surface area contributed by atoms with Gasteiger partial charge in [-0.3, -0.25) is 0 Å². The molecule has 1 aliphatic heterocycles. The van der Waals surface area contributed by atoms with Crippen LogP contribution < -0.4 is 10.2 Å². The van der Waals surface area contributed by atoms with Gasteiger partial charge in [0.15, 0.2) is 4.67 Å². The van der Waals surface area contributed by atoms with E-state index in [1.807, 2.05) is 12.1 Å². The van der Waals surface area contributed by atoms with Crippen molar-refractivity contribution in [2.45, 2.75) is 19.4 Å². The van der Waals surface area contributed by atoms with E-state index in [4.69, 9.17) is 4.42 Å². The van der Waals surface area contributed by atoms with Crippen LogP contribution in [0.3, 0.4) is 0 Å². The Hall–Kier alpha value is -1.26. The topological polar surface area (TPSA) is 28.4 Å². The number of benzene rings is 1. The maximum Gasteiger partial charge on any atom is 0.169 e. The lowest BCUT2D eigenvalue weighted by molar-refractivity contribution is 0.464. The molecule has 0 atom stereocenters. The van der Waals surface area contributed by atoms with Gasteiger partial charge in [-0.05, 0) is 59.1 Å². The van der Waals surface area contributed by atoms with Gasteiger partial charge in [-0.2, -0.15) is 0 Å². The van der Waals surface area contributed by atoms with E-state index in [1.165, 1.54) is 17.7 Å². The fraction of sp³-hybridized carbons (Fsp3) is 0.375. The number of nitrogens with one attached hydrogen (secondary N) is 1. The number of anilines is 1. The first kappa shape index (κ1) is 13.7. The molecule has 0 fully saturated rings. The fourth-order valence-electron chi connectivity index (χ4n) is 2.69. The highest BCUT2D eigenvalue weighted by atomic mass is 79.9. The molecule has 0 spiro atoms. The monoisotopic (exact) mass is 334 g/mol. The minimum Gasteiger partial charge on any atom is -0.453 e. The van der Waals surface area contributed by atoms with Crippen molar-refractivity contribution < 1.29 is 4.42 Å². The van der Waals surface area contributed by atoms with Crippen molar-refractivity contribution in [2.75, 3.05) is 24.5 Å². The van der Waals surface area contributed by atoms with Crippen molar-refractivity contribution in [1.82, 2.24) is 5.32 Å². The first-order chi connectivity index (χ1) is 9.83. The SMILES string of the molecule is Brc1ccc(CNCCCN2CCc3ccccc32)o1. The summed E-state index contributed by atoms with van der Waals surface area (Å²) < 4.78 is 6.25. The van der Waals surface area contributed by atoms with E-state index in [9.17, 15) is 0 Å². The van der Waals surface area contributed by atoms with Crippen molar-refractivity contribution in [3.63, 3.8) is 0 Å². The van der Waals surface area contributed by atoms with Crippen LogP contribution in [0.1, 0.15) is 17.7 Å². The van der Waals surface area contributed by atoms with Crippen LogP contribution in [0.5, 0.6) is 0 Å². The smallest absolute Gasteiger partial charge is 0.169 e. The minimum atomic E-state index is 0.794. The fourth-order valence-corrected chi connectivity index (χ4v) is 3.03. The Bertz CT molecular complexity index is 567. The van der Waals surface area contributed by atoms with E-state index in [0.29, 0.717) is 0 Å². The Morgan fingerprint density at radius 2 is 2.10 bits per heavy atom. The lowest BCUT2D eigenvalue weighted by Gasteiger charge is -2.19. The molecule has 20 heavy (non-hydrogen) atoms. The van der Waals surface area contributed by atoms with Crippen molar-refractivity contribution in [3.8, 4) is 0 Å². The van der Waals surface area contributed by atoms with Crippen LogP contribution in [0.25, 0.3) is 0 Å². The second-order valence-corrected chi connectivity index (χ2v) is 5.88. The van der Waals surface area contributed by atoms with E-state index >= 15 is 0 Å². The highest BCUT2D eigenvalue weighted by molar-refractivity contribution is 9.10. The Morgan fingerprint density at radius 1 is 1.20 bits per heavy atom. The summed E-state index contributed by atoms with van der Waals surface area (Å²) in [6.45, 7) is 4.08. The third-order valence-electron chi connectivity index (χ3n) is 3.69. The zero-order valence-corrected chi connectivity index (χ0v) is 13.0. The van der Waals surface area contributed by atoms with E-state index in [2.05, 4.69) is 50.4 Å². The number of furan rings is 1. The van der Waals surface area contributed by atoms with Crippen molar-refractivity contribution in [3.05, 3.63) is 52.4 Å². The van der Waals surface area contributed by atoms with Gasteiger partial charge in [0.25, 0.3) is 0 Å². The molecule has 4 heteroatoms. The first-order valence-electron chi connectivity index (χ1n) is 7.11. The average Bonchev–Trinajstić information content (AvgIpc) is 3.05. The molecule has 2 heterocycles. The highest BCUT2D eigenvalue weighted by Gasteiger charge is 2.17. The summed E-state index contributed by atoms with van der Waals surface area (Å²) in [6, 6.07) is 12.7. The maximum absolute atomic E-state index is 5.45. The van der Waals surface area contributed by atoms with Crippen molar-refractivity contribution in [1.29, 1.82) is 0 Å². The Labute approximate surface area is 128 Å². The second-order valence-electron chi connectivity index (χ2n) is 5.10. The Morgan fingerprint density at radius 3 is 2.95 bits per heavy atom. The van der Waals surface area contributed by atoms with Gasteiger partial charge in [0.2, 0.25) is 0 Å². The van der Waals surface area contributed by atoms with Crippen LogP contribution in [0.2, 0.25) is 0 Å². The predicted molar refractivity (Wildman–Crippen MR) is 85.1 cm³/mol. The van der Waals surface area contributed by atoms with E-state index in [1.54, 1.807) is 0 Å². The molecule has 0 saturated heterocycles. The van der Waals surface area contributed by atoms with Crippen molar-refractivity contribution >= 4 is 21.6 Å². The molecule has 0 bridgehead atoms. The molecular formula is C16H19BrN2O. The number of nitrogens with zero attached hydrogens (tertiary/aromatic N) is 1. The summed E-state index contributed by atoms with van der Waals surface area (Å²) in [5.41, 5.74) is 2.91. The predicted octanol–water partition coefficient (Wildman–Crippen LogP) is 3.58. The van der Waals surface area contributed by atoms with Gasteiger partial charge in [0, 0.05) is 18.8 Å². The molecule has 0 radical (unpaired) electrons. The molecule has 2 aromatic rings. The van der Waals surface area contributed by atoms with Gasteiger partial charge in [0.05, 0.1) is 6.54 Å². The molecule has 106 valence electrons. The van der Waals surface area contributed by atoms with Crippen LogP contribution in [0.4, 0.5) is 5.69 Å². The molecule has 0 saturated carbocycles. The normalized spacial score (nSPS) is 13.8. The molecule has 1 aliphatic rings. The molecule has 3 rings (SSSR count). The molecule has 0 amide bonds. The van der Waals surface area contributed by atoms with E-state index in [-0.39, 0.29) is 0 Å². The molecule has 1 N–H and O–H groups in total. The van der Waals surface area contributed by atoms with E-state index < -0.39 is 0 Å². The molecule has 1 aromatic carbocycles. The zero-order chi connectivity index (χ0) is 13.8. The van der Waals surface area contributed by atoms with Gasteiger partial charge in [0.1, 0.15) is 5.76 Å². The highest BCUT2D eigenvalue weighted by Crippen LogP contribution is 2.27. The van der Waals surface area contributed by atoms with Crippen LogP contribution in [-0.4, -0.2) is 19.6 Å². The molecular weight excluding hydrogens is 316 g/mol. The summed E-state index contributed by atoms with van der Waals surface area (Å²) in [6.07, 6.45) is 2.33. The summed E-state index contributed by atoms with van der Waals surface area (Å²) in [5.74, 6) is 0.975. The molecule has 1 aromatic heterocycles. The van der Waals surface area contributed by atoms with E-state index in [0.717, 1.165) is 43.0 Å². The van der Waals surface area contributed by atoms with Gasteiger partial charge in [-0.25, -0.2) is 0 Å². The van der Waals surface area contributed by atoms with Crippen LogP contribution >= 0.6 is 15.9 Å². The number of hydrogen-bond acceptors (Lipinski definition) is 3. The minimum absolute atomic E-state index is 0.794. The zero-order valence-electron chi connectivity index (χ0n) is 11.4. The second kappa shape index (κ2) is 6.46. The van der Waals surface area contributed by atoms with Gasteiger partial charge >= 0.3 is 0 Å². The first-order valence-corrected chi connectivity index (χ1v) is 7.90. The maximum atomic E-state index is 5.45. The number of fused-ring (bicyclic) bond motifs is 1. The third-order valence-corrected chi connectivity index (χ3v) is 4.12. The summed E-state index contributed by atoms with van der Waals surface area (Å²) in [7, 11) is 0. The van der Waals surface area contributed by atoms with Gasteiger partial charge in [-0.15, -0.1) is 0 Å². The third kappa shape index (κ3) is 3.25. The van der Waals surface area contributed by atoms with Crippen LogP contribution in [0.15, 0.2) is 45.5 Å². The number of hydrogen-bond donors (Lipinski definition) is 1. The molecule has 0 unspecified atom stereocenters. The Kier molecular flexibility index (Phi) is 4.43. The van der Waals surface area contributed by atoms with Crippen LogP contribution in [0, 0.1) is 0 Å². The summed E-state index contributed by atoms with van der Waals surface area (Å²) in [4.78, 5) is 2.49. The molecule has 0 aliphatic carbocycles. The summed E-state index contributed by atoms with van der Waals surface area (Å²) >= 11 is 3.31. The average molecular weight is 335 g/mol. The Balaban J connectivity index is 1.39. The molecule has 3 nitrogen and oxygen atoms in total. The van der Waals surface area contributed by atoms with Gasteiger partial charge < -0.3 is 14.6 Å². The van der Waals surface area contributed by atoms with Crippen LogP contribution in [-0.2, 0) is 13.0 Å². The lowest BCUT2D eigenvalue weighted by atomic mass is 10.2. The quantitative estimate of drug-likeness (QED) is 0.818. The number of halogens is 1. The van der Waals surface area contributed by atoms with Gasteiger partial charge in [-0.1, -0.05) is 18.2 Å². The number of rotatable bonds is 6. The van der Waals surface area contributed by atoms with Crippen molar-refractivity contribution in [2.24, 2.45) is 0 Å². The number of para-hydroxylation sites is 1. The lowest BCUT2D eigenvalue weighted by Crippen LogP contribution is -2.25. The largest absolute Gasteiger partial charge is 0.453 e.